The smallest absolute Gasteiger partial charge is 0.225 e. The Bertz CT molecular complexity index is 263. The van der Waals surface area contributed by atoms with E-state index in [1.807, 2.05) is 0 Å². The Hall–Kier alpha value is -1.92. The number of aromatic amines is 2. The summed E-state index contributed by atoms with van der Waals surface area (Å²) in [5.74, 6) is 1.06. The Morgan fingerprint density at radius 3 is 1.91 bits per heavy atom. The molecule has 2 heterocycles. The fourth-order valence-corrected chi connectivity index (χ4v) is 0.644. The predicted molar refractivity (Wildman–Crippen MR) is 36.0 cm³/mol. The lowest BCUT2D eigenvalue weighted by atomic mass is 10.9. The minimum Gasteiger partial charge on any atom is -0.293 e. The van der Waals surface area contributed by atoms with Gasteiger partial charge in [-0.25, -0.2) is 10.2 Å². The van der Waals surface area contributed by atoms with Crippen LogP contribution in [0.3, 0.4) is 0 Å². The summed E-state index contributed by atoms with van der Waals surface area (Å²) in [6.07, 6.45) is 2.80. The van der Waals surface area contributed by atoms with Crippen molar-refractivity contribution in [3.05, 3.63) is 12.7 Å². The van der Waals surface area contributed by atoms with Crippen LogP contribution in [0.25, 0.3) is 0 Å². The number of H-pyrrole nitrogens is 2. The van der Waals surface area contributed by atoms with Gasteiger partial charge in [0.05, 0.1) is 0 Å². The first kappa shape index (κ1) is 5.83. The number of rotatable bonds is 2. The zero-order valence-corrected chi connectivity index (χ0v) is 5.44. The third kappa shape index (κ3) is 1.16. The lowest BCUT2D eigenvalue weighted by molar-refractivity contribution is 1.07. The molecule has 0 aliphatic heterocycles. The highest BCUT2D eigenvalue weighted by Gasteiger charge is 1.96. The van der Waals surface area contributed by atoms with E-state index in [0.29, 0.717) is 11.9 Å². The molecule has 0 fully saturated rings. The van der Waals surface area contributed by atoms with E-state index >= 15 is 0 Å². The fourth-order valence-electron chi connectivity index (χ4n) is 0.644. The molecule has 0 spiro atoms. The van der Waals surface area contributed by atoms with Crippen molar-refractivity contribution in [2.75, 3.05) is 5.32 Å². The van der Waals surface area contributed by atoms with Gasteiger partial charge < -0.3 is 0 Å². The molecule has 0 unspecified atom stereocenters. The summed E-state index contributed by atoms with van der Waals surface area (Å²) < 4.78 is 0. The van der Waals surface area contributed by atoms with Crippen molar-refractivity contribution in [1.82, 2.24) is 30.4 Å². The quantitative estimate of drug-likeness (QED) is 0.546. The molecule has 0 saturated heterocycles. The molecule has 0 atom stereocenters. The van der Waals surface area contributed by atoms with Gasteiger partial charge >= 0.3 is 0 Å². The van der Waals surface area contributed by atoms with Crippen LogP contribution in [0.5, 0.6) is 0 Å². The number of aromatic nitrogens is 6. The molecule has 2 aromatic rings. The van der Waals surface area contributed by atoms with Crippen molar-refractivity contribution in [2.24, 2.45) is 0 Å². The maximum atomic E-state index is 3.83. The van der Waals surface area contributed by atoms with Crippen LogP contribution in [0.15, 0.2) is 12.7 Å². The Kier molecular flexibility index (Phi) is 1.26. The molecule has 0 radical (unpaired) electrons. The number of nitrogens with zero attached hydrogens (tertiary/aromatic N) is 4. The molecule has 0 bridgehead atoms. The van der Waals surface area contributed by atoms with Crippen LogP contribution in [0, 0.1) is 0 Å². The first-order valence-corrected chi connectivity index (χ1v) is 2.93. The second kappa shape index (κ2) is 2.37. The van der Waals surface area contributed by atoms with E-state index in [4.69, 9.17) is 0 Å². The Balaban J connectivity index is 2.14. The third-order valence-electron chi connectivity index (χ3n) is 1.07. The normalized spacial score (nSPS) is 9.82. The van der Waals surface area contributed by atoms with E-state index in [1.165, 1.54) is 12.7 Å². The van der Waals surface area contributed by atoms with E-state index in [1.54, 1.807) is 0 Å². The fraction of sp³-hybridized carbons (Fsp3) is 0. The molecule has 56 valence electrons. The van der Waals surface area contributed by atoms with Crippen LogP contribution in [0.2, 0.25) is 0 Å². The van der Waals surface area contributed by atoms with Gasteiger partial charge in [0.2, 0.25) is 11.9 Å². The summed E-state index contributed by atoms with van der Waals surface area (Å²) in [6, 6.07) is 0. The van der Waals surface area contributed by atoms with Gasteiger partial charge in [0.1, 0.15) is 12.7 Å². The number of hydrogen-bond acceptors (Lipinski definition) is 5. The molecule has 7 heteroatoms. The van der Waals surface area contributed by atoms with Crippen molar-refractivity contribution >= 4 is 11.9 Å². The second-order valence-electron chi connectivity index (χ2n) is 1.79. The Labute approximate surface area is 61.3 Å². The zero-order valence-electron chi connectivity index (χ0n) is 5.44. The molecule has 2 aromatic heterocycles. The van der Waals surface area contributed by atoms with Gasteiger partial charge in [-0.2, -0.15) is 20.2 Å². The molecule has 0 saturated carbocycles. The average molecular weight is 151 g/mol. The predicted octanol–water partition coefficient (Wildman–Crippen LogP) is -0.334. The standard InChI is InChI=1S/C4H5N7/c1-5-3(10-7-1)9-4-6-2-8-11-4/h1-2H,(H3,5,6,7,8,9,10,11). The molecule has 7 nitrogen and oxygen atoms in total. The van der Waals surface area contributed by atoms with Gasteiger partial charge in [0.25, 0.3) is 0 Å². The SMILES string of the molecule is c1n[nH]c(Nc2ncn[nH]2)n1. The zero-order chi connectivity index (χ0) is 7.52. The highest BCUT2D eigenvalue weighted by Crippen LogP contribution is 2.01. The average Bonchev–Trinajstić information content (AvgIpc) is 2.60. The van der Waals surface area contributed by atoms with Gasteiger partial charge in [-0.15, -0.1) is 0 Å². The summed E-state index contributed by atoms with van der Waals surface area (Å²) in [6.45, 7) is 0. The van der Waals surface area contributed by atoms with E-state index in [2.05, 4.69) is 35.7 Å². The lowest BCUT2D eigenvalue weighted by Crippen LogP contribution is -1.93. The molecule has 3 N–H and O–H groups in total. The van der Waals surface area contributed by atoms with Crippen LogP contribution in [-0.2, 0) is 0 Å². The van der Waals surface area contributed by atoms with E-state index in [-0.39, 0.29) is 0 Å². The van der Waals surface area contributed by atoms with Gasteiger partial charge in [-0.3, -0.25) is 5.32 Å². The number of nitrogens with one attached hydrogen (secondary N) is 3. The topological polar surface area (TPSA) is 95.2 Å². The van der Waals surface area contributed by atoms with E-state index in [0.717, 1.165) is 0 Å². The molecule has 11 heavy (non-hydrogen) atoms. The van der Waals surface area contributed by atoms with Gasteiger partial charge in [-0.05, 0) is 0 Å². The van der Waals surface area contributed by atoms with Crippen LogP contribution >= 0.6 is 0 Å². The minimum atomic E-state index is 0.529. The molecule has 0 amide bonds. The first-order chi connectivity index (χ1) is 5.45. The van der Waals surface area contributed by atoms with Crippen molar-refractivity contribution in [3.8, 4) is 0 Å². The molecule has 0 aliphatic carbocycles. The monoisotopic (exact) mass is 151 g/mol. The maximum absolute atomic E-state index is 3.83. The van der Waals surface area contributed by atoms with Crippen molar-refractivity contribution in [3.63, 3.8) is 0 Å². The van der Waals surface area contributed by atoms with Gasteiger partial charge in [0, 0.05) is 0 Å². The second-order valence-corrected chi connectivity index (χ2v) is 1.79. The minimum absolute atomic E-state index is 0.529. The lowest BCUT2D eigenvalue weighted by Gasteiger charge is -1.92. The van der Waals surface area contributed by atoms with Crippen molar-refractivity contribution < 1.29 is 0 Å². The van der Waals surface area contributed by atoms with Gasteiger partial charge in [0.15, 0.2) is 0 Å². The van der Waals surface area contributed by atoms with Crippen LogP contribution < -0.4 is 5.32 Å². The number of hydrogen-bond donors (Lipinski definition) is 3. The summed E-state index contributed by atoms with van der Waals surface area (Å²) in [4.78, 5) is 7.65. The summed E-state index contributed by atoms with van der Waals surface area (Å²) in [7, 11) is 0. The molecule has 2 rings (SSSR count). The van der Waals surface area contributed by atoms with Crippen LogP contribution in [0.4, 0.5) is 11.9 Å². The third-order valence-corrected chi connectivity index (χ3v) is 1.07. The summed E-state index contributed by atoms with van der Waals surface area (Å²) in [5, 5.41) is 15.3. The van der Waals surface area contributed by atoms with E-state index < -0.39 is 0 Å². The Morgan fingerprint density at radius 1 is 1.00 bits per heavy atom. The van der Waals surface area contributed by atoms with Crippen molar-refractivity contribution in [1.29, 1.82) is 0 Å². The number of anilines is 2. The van der Waals surface area contributed by atoms with E-state index in [9.17, 15) is 0 Å². The molecular formula is C4H5N7. The first-order valence-electron chi connectivity index (χ1n) is 2.93. The van der Waals surface area contributed by atoms with Crippen molar-refractivity contribution in [2.45, 2.75) is 0 Å². The molecule has 0 aromatic carbocycles. The molecule has 0 aliphatic rings. The molecular weight excluding hydrogens is 146 g/mol. The highest BCUT2D eigenvalue weighted by molar-refractivity contribution is 5.39. The summed E-state index contributed by atoms with van der Waals surface area (Å²) in [5.41, 5.74) is 0. The Morgan fingerprint density at radius 2 is 1.55 bits per heavy atom. The van der Waals surface area contributed by atoms with Gasteiger partial charge in [-0.1, -0.05) is 0 Å². The highest BCUT2D eigenvalue weighted by atomic mass is 15.3. The largest absolute Gasteiger partial charge is 0.293 e. The van der Waals surface area contributed by atoms with Crippen LogP contribution in [0.1, 0.15) is 0 Å². The van der Waals surface area contributed by atoms with Crippen LogP contribution in [-0.4, -0.2) is 30.4 Å². The maximum Gasteiger partial charge on any atom is 0.225 e. The summed E-state index contributed by atoms with van der Waals surface area (Å²) >= 11 is 0.